The second kappa shape index (κ2) is 5.81. The van der Waals surface area contributed by atoms with E-state index in [0.29, 0.717) is 10.0 Å². The Bertz CT molecular complexity index is 665. The Kier molecular flexibility index (Phi) is 4.44. The predicted molar refractivity (Wildman–Crippen MR) is 79.1 cm³/mol. The van der Waals surface area contributed by atoms with Crippen LogP contribution in [-0.2, 0) is 6.18 Å². The van der Waals surface area contributed by atoms with Crippen molar-refractivity contribution in [1.82, 2.24) is 0 Å². The van der Waals surface area contributed by atoms with E-state index in [4.69, 9.17) is 0 Å². The summed E-state index contributed by atoms with van der Waals surface area (Å²) in [5.41, 5.74) is 1.81. The molecule has 0 aromatic heterocycles. The maximum atomic E-state index is 12.8. The van der Waals surface area contributed by atoms with Gasteiger partial charge in [0.25, 0.3) is 0 Å². The topological polar surface area (TPSA) is 20.2 Å². The summed E-state index contributed by atoms with van der Waals surface area (Å²) in [6.07, 6.45) is -5.54. The molecule has 1 unspecified atom stereocenters. The Morgan fingerprint density at radius 2 is 1.67 bits per heavy atom. The molecule has 0 aliphatic heterocycles. The molecule has 1 N–H and O–H groups in total. The predicted octanol–water partition coefficient (Wildman–Crippen LogP) is 5.17. The van der Waals surface area contributed by atoms with Gasteiger partial charge in [-0.2, -0.15) is 13.2 Å². The van der Waals surface area contributed by atoms with Crippen LogP contribution in [-0.4, -0.2) is 5.11 Å². The molecule has 2 rings (SSSR count). The number of hydrogen-bond acceptors (Lipinski definition) is 1. The molecular formula is C16H14BrF3O. The average Bonchev–Trinajstić information content (AvgIpc) is 2.40. The molecule has 5 heteroatoms. The Morgan fingerprint density at radius 3 is 2.29 bits per heavy atom. The van der Waals surface area contributed by atoms with Crippen molar-refractivity contribution in [2.45, 2.75) is 26.1 Å². The molecule has 1 nitrogen and oxygen atoms in total. The highest BCUT2D eigenvalue weighted by Crippen LogP contribution is 2.36. The number of hydrogen-bond donors (Lipinski definition) is 1. The van der Waals surface area contributed by atoms with E-state index in [1.807, 2.05) is 26.0 Å². The van der Waals surface area contributed by atoms with Crippen LogP contribution in [0.2, 0.25) is 0 Å². The first kappa shape index (κ1) is 16.0. The molecule has 0 saturated heterocycles. The lowest BCUT2D eigenvalue weighted by atomic mass is 9.95. The summed E-state index contributed by atoms with van der Waals surface area (Å²) in [7, 11) is 0. The standard InChI is InChI=1S/C16H14BrF3O/c1-9-3-4-10(2)12(7-9)15(21)13-8-11(16(18,19)20)5-6-14(13)17/h3-8,15,21H,1-2H3. The minimum Gasteiger partial charge on any atom is -0.384 e. The Balaban J connectivity index is 2.52. The summed E-state index contributed by atoms with van der Waals surface area (Å²) in [5.74, 6) is 0. The number of rotatable bonds is 2. The fraction of sp³-hybridized carbons (Fsp3) is 0.250. The Labute approximate surface area is 129 Å². The third kappa shape index (κ3) is 3.47. The molecule has 0 aliphatic rings. The molecular weight excluding hydrogens is 345 g/mol. The third-order valence-electron chi connectivity index (χ3n) is 3.35. The summed E-state index contributed by atoms with van der Waals surface area (Å²) in [6.45, 7) is 3.69. The first-order chi connectivity index (χ1) is 9.70. The minimum absolute atomic E-state index is 0.207. The monoisotopic (exact) mass is 358 g/mol. The molecule has 0 bridgehead atoms. The van der Waals surface area contributed by atoms with E-state index < -0.39 is 17.8 Å². The van der Waals surface area contributed by atoms with Gasteiger partial charge >= 0.3 is 6.18 Å². The Morgan fingerprint density at radius 1 is 1.00 bits per heavy atom. The molecule has 0 fully saturated rings. The van der Waals surface area contributed by atoms with Crippen LogP contribution in [0.5, 0.6) is 0 Å². The quantitative estimate of drug-likeness (QED) is 0.785. The van der Waals surface area contributed by atoms with E-state index in [0.717, 1.165) is 23.3 Å². The fourth-order valence-corrected chi connectivity index (χ4v) is 2.62. The van der Waals surface area contributed by atoms with Crippen molar-refractivity contribution >= 4 is 15.9 Å². The number of aliphatic hydroxyl groups is 1. The van der Waals surface area contributed by atoms with Gasteiger partial charge in [0, 0.05) is 4.47 Å². The maximum absolute atomic E-state index is 12.8. The first-order valence-electron chi connectivity index (χ1n) is 6.32. The zero-order chi connectivity index (χ0) is 15.8. The van der Waals surface area contributed by atoms with E-state index in [1.165, 1.54) is 6.07 Å². The van der Waals surface area contributed by atoms with Gasteiger partial charge in [-0.3, -0.25) is 0 Å². The van der Waals surface area contributed by atoms with Gasteiger partial charge in [-0.05, 0) is 48.7 Å². The van der Waals surface area contributed by atoms with Crippen LogP contribution in [0, 0.1) is 13.8 Å². The molecule has 1 atom stereocenters. The van der Waals surface area contributed by atoms with Gasteiger partial charge in [0.15, 0.2) is 0 Å². The maximum Gasteiger partial charge on any atom is 0.416 e. The van der Waals surface area contributed by atoms with Crippen molar-refractivity contribution in [3.8, 4) is 0 Å². The summed E-state index contributed by atoms with van der Waals surface area (Å²) in [4.78, 5) is 0. The van der Waals surface area contributed by atoms with E-state index in [9.17, 15) is 18.3 Å². The number of aliphatic hydroxyl groups excluding tert-OH is 1. The summed E-state index contributed by atoms with van der Waals surface area (Å²) in [5, 5.41) is 10.5. The van der Waals surface area contributed by atoms with E-state index in [-0.39, 0.29) is 5.56 Å². The summed E-state index contributed by atoms with van der Waals surface area (Å²) in [6, 6.07) is 8.81. The van der Waals surface area contributed by atoms with Crippen LogP contribution in [0.1, 0.15) is 33.9 Å². The minimum atomic E-state index is -4.43. The van der Waals surface area contributed by atoms with Crippen molar-refractivity contribution in [3.63, 3.8) is 0 Å². The number of alkyl halides is 3. The van der Waals surface area contributed by atoms with Crippen molar-refractivity contribution in [1.29, 1.82) is 0 Å². The van der Waals surface area contributed by atoms with Crippen LogP contribution in [0.15, 0.2) is 40.9 Å². The van der Waals surface area contributed by atoms with Crippen molar-refractivity contribution < 1.29 is 18.3 Å². The van der Waals surface area contributed by atoms with E-state index >= 15 is 0 Å². The number of halogens is 4. The van der Waals surface area contributed by atoms with Crippen molar-refractivity contribution in [3.05, 3.63) is 68.7 Å². The van der Waals surface area contributed by atoms with Crippen LogP contribution in [0.25, 0.3) is 0 Å². The lowest BCUT2D eigenvalue weighted by molar-refractivity contribution is -0.137. The Hall–Kier alpha value is -1.33. The summed E-state index contributed by atoms with van der Waals surface area (Å²) >= 11 is 3.21. The van der Waals surface area contributed by atoms with Gasteiger partial charge in [-0.15, -0.1) is 0 Å². The molecule has 2 aromatic rings. The van der Waals surface area contributed by atoms with Gasteiger partial charge in [-0.1, -0.05) is 39.7 Å². The van der Waals surface area contributed by atoms with Crippen LogP contribution >= 0.6 is 15.9 Å². The van der Waals surface area contributed by atoms with Crippen molar-refractivity contribution in [2.24, 2.45) is 0 Å². The second-order valence-electron chi connectivity index (χ2n) is 5.00. The van der Waals surface area contributed by atoms with Crippen LogP contribution in [0.3, 0.4) is 0 Å². The normalized spacial score (nSPS) is 13.3. The number of aryl methyl sites for hydroxylation is 2. The highest BCUT2D eigenvalue weighted by molar-refractivity contribution is 9.10. The SMILES string of the molecule is Cc1ccc(C)c(C(O)c2cc(C(F)(F)F)ccc2Br)c1. The molecule has 21 heavy (non-hydrogen) atoms. The highest BCUT2D eigenvalue weighted by Gasteiger charge is 2.31. The van der Waals surface area contributed by atoms with E-state index in [2.05, 4.69) is 15.9 Å². The zero-order valence-electron chi connectivity index (χ0n) is 11.5. The third-order valence-corrected chi connectivity index (χ3v) is 4.07. The molecule has 0 amide bonds. The molecule has 0 radical (unpaired) electrons. The molecule has 0 spiro atoms. The van der Waals surface area contributed by atoms with Crippen LogP contribution < -0.4 is 0 Å². The highest BCUT2D eigenvalue weighted by atomic mass is 79.9. The average molecular weight is 359 g/mol. The lowest BCUT2D eigenvalue weighted by Gasteiger charge is -2.18. The molecule has 0 heterocycles. The zero-order valence-corrected chi connectivity index (χ0v) is 13.1. The van der Waals surface area contributed by atoms with Gasteiger partial charge in [0.2, 0.25) is 0 Å². The molecule has 0 aliphatic carbocycles. The second-order valence-corrected chi connectivity index (χ2v) is 5.85. The number of benzene rings is 2. The summed E-state index contributed by atoms with van der Waals surface area (Å²) < 4.78 is 38.9. The van der Waals surface area contributed by atoms with Gasteiger partial charge in [0.05, 0.1) is 5.56 Å². The molecule has 112 valence electrons. The van der Waals surface area contributed by atoms with Crippen molar-refractivity contribution in [2.75, 3.05) is 0 Å². The molecule has 0 saturated carbocycles. The smallest absolute Gasteiger partial charge is 0.384 e. The van der Waals surface area contributed by atoms with Crippen LogP contribution in [0.4, 0.5) is 13.2 Å². The first-order valence-corrected chi connectivity index (χ1v) is 7.11. The van der Waals surface area contributed by atoms with Gasteiger partial charge in [-0.25, -0.2) is 0 Å². The fourth-order valence-electron chi connectivity index (χ4n) is 2.15. The van der Waals surface area contributed by atoms with Gasteiger partial charge < -0.3 is 5.11 Å². The van der Waals surface area contributed by atoms with E-state index in [1.54, 1.807) is 6.07 Å². The largest absolute Gasteiger partial charge is 0.416 e. The van der Waals surface area contributed by atoms with Gasteiger partial charge in [0.1, 0.15) is 6.10 Å². The molecule has 2 aromatic carbocycles. The lowest BCUT2D eigenvalue weighted by Crippen LogP contribution is -2.09.